The Labute approximate surface area is 309 Å². The molecule has 1 aliphatic heterocycles. The number of nitrogens with zero attached hydrogens (tertiary/aromatic N) is 4. The average molecular weight is 755 g/mol. The van der Waals surface area contributed by atoms with E-state index in [1.807, 2.05) is 60.0 Å². The highest BCUT2D eigenvalue weighted by Crippen LogP contribution is 2.55. The Balaban J connectivity index is 1.25. The van der Waals surface area contributed by atoms with E-state index in [1.54, 1.807) is 52.9 Å². The highest BCUT2D eigenvalue weighted by atomic mass is 35.5. The topological polar surface area (TPSA) is 143 Å². The third kappa shape index (κ3) is 10.0. The van der Waals surface area contributed by atoms with Gasteiger partial charge < -0.3 is 11.1 Å². The molecule has 14 heteroatoms. The summed E-state index contributed by atoms with van der Waals surface area (Å²) in [7, 11) is -3.84. The van der Waals surface area contributed by atoms with E-state index in [4.69, 9.17) is 35.9 Å². The van der Waals surface area contributed by atoms with Crippen LogP contribution in [-0.2, 0) is 29.4 Å². The number of aryl methyl sites for hydroxylation is 3. The fourth-order valence-corrected chi connectivity index (χ4v) is 8.84. The molecule has 0 aliphatic carbocycles. The summed E-state index contributed by atoms with van der Waals surface area (Å²) in [5.74, 6) is 1.16. The van der Waals surface area contributed by atoms with Crippen molar-refractivity contribution in [2.75, 3.05) is 11.9 Å². The molecule has 51 heavy (non-hydrogen) atoms. The van der Waals surface area contributed by atoms with Crippen LogP contribution in [0.1, 0.15) is 99.2 Å². The van der Waals surface area contributed by atoms with Crippen LogP contribution in [0.2, 0.25) is 5.02 Å². The molecule has 3 heterocycles. The van der Waals surface area contributed by atoms with Crippen LogP contribution in [-0.4, -0.2) is 50.2 Å². The van der Waals surface area contributed by atoms with E-state index in [0.29, 0.717) is 29.4 Å². The number of benzene rings is 2. The third-order valence-electron chi connectivity index (χ3n) is 8.00. The fraction of sp³-hybridized carbons (Fsp3) is 0.459. The van der Waals surface area contributed by atoms with Crippen molar-refractivity contribution in [2.24, 2.45) is 10.7 Å². The smallest absolute Gasteiger partial charge is 0.326 e. The quantitative estimate of drug-likeness (QED) is 0.137. The minimum Gasteiger partial charge on any atom is -0.326 e. The molecule has 0 fully saturated rings. The number of nitrogens with two attached hydrogens (primary N) is 1. The first kappa shape index (κ1) is 39.0. The van der Waals surface area contributed by atoms with E-state index in [9.17, 15) is 9.36 Å². The number of rotatable bonds is 12. The second-order valence-electron chi connectivity index (χ2n) is 14.8. The molecule has 2 atom stereocenters. The highest BCUT2D eigenvalue weighted by Gasteiger charge is 2.37. The summed E-state index contributed by atoms with van der Waals surface area (Å²) in [6.07, 6.45) is 1.31. The first-order valence-electron chi connectivity index (χ1n) is 17.0. The summed E-state index contributed by atoms with van der Waals surface area (Å²) in [4.78, 5) is 19.9. The zero-order valence-corrected chi connectivity index (χ0v) is 33.2. The number of amides is 1. The lowest BCUT2D eigenvalue weighted by Crippen LogP contribution is -2.29. The molecule has 274 valence electrons. The Hall–Kier alpha value is -3.22. The number of hydrogen-bond donors (Lipinski definition) is 2. The largest absolute Gasteiger partial charge is 0.475 e. The van der Waals surface area contributed by atoms with Crippen LogP contribution >= 0.6 is 30.8 Å². The molecule has 11 nitrogen and oxygen atoms in total. The number of thiophene rings is 1. The summed E-state index contributed by atoms with van der Waals surface area (Å²) in [5.41, 5.74) is 10.4. The maximum Gasteiger partial charge on any atom is 0.475 e. The van der Waals surface area contributed by atoms with Crippen molar-refractivity contribution in [3.8, 4) is 5.00 Å². The number of phosphoric ester groups is 1. The Morgan fingerprint density at radius 1 is 1.00 bits per heavy atom. The van der Waals surface area contributed by atoms with Gasteiger partial charge in [0, 0.05) is 32.8 Å². The van der Waals surface area contributed by atoms with Crippen LogP contribution in [0.3, 0.4) is 0 Å². The number of halogens is 1. The third-order valence-corrected chi connectivity index (χ3v) is 11.4. The predicted octanol–water partition coefficient (Wildman–Crippen LogP) is 8.84. The average Bonchev–Trinajstić information content (AvgIpc) is 3.50. The molecule has 0 radical (unpaired) electrons. The van der Waals surface area contributed by atoms with Crippen LogP contribution in [0.5, 0.6) is 0 Å². The molecule has 4 aromatic rings. The number of aromatic nitrogens is 3. The minimum absolute atomic E-state index is 0.0148. The van der Waals surface area contributed by atoms with Crippen molar-refractivity contribution >= 4 is 48.1 Å². The number of carbonyl (C=O) groups is 1. The van der Waals surface area contributed by atoms with Gasteiger partial charge in [-0.2, -0.15) is 0 Å². The summed E-state index contributed by atoms with van der Waals surface area (Å²) in [5, 5.41) is 13.5. The van der Waals surface area contributed by atoms with Crippen molar-refractivity contribution in [1.29, 1.82) is 0 Å². The van der Waals surface area contributed by atoms with Gasteiger partial charge in [-0.3, -0.25) is 27.9 Å². The zero-order valence-electron chi connectivity index (χ0n) is 30.7. The lowest BCUT2D eigenvalue weighted by molar-refractivity contribution is -0.116. The maximum atomic E-state index is 13.5. The zero-order chi connectivity index (χ0) is 37.3. The second-order valence-corrected chi connectivity index (χ2v) is 18.0. The SMILES string of the molecule is Cc1sc2c(c1C)C(c1ccc(Cl)cc1)=N[C@@H](CC(=O)Nc1ccc(CCC(N)COP(=O)(OC(C)(C)C)OC(C)(C)C)cc1)c1nnc(C)n1-2. The van der Waals surface area contributed by atoms with Gasteiger partial charge in [0.15, 0.2) is 5.82 Å². The standard InChI is InChI=1S/C37H48ClN6O5PS/c1-22-23(2)51-35-32(22)33(26-13-15-27(38)16-14-26)41-30(34-43-42-24(3)44(34)35)20-31(45)40-29-18-11-25(12-19-29)10-17-28(39)21-47-50(46,48-36(4,5)6)49-37(7,8)9/h11-16,18-19,28,30H,10,17,20-21,39H2,1-9H3,(H,40,45)/t28?,30-/m0/s1. The monoisotopic (exact) mass is 754 g/mol. The predicted molar refractivity (Wildman–Crippen MR) is 204 cm³/mol. The molecule has 2 aromatic carbocycles. The molecule has 1 amide bonds. The number of aliphatic imine (C=N–C) groups is 1. The maximum absolute atomic E-state index is 13.5. The molecule has 5 rings (SSSR count). The van der Waals surface area contributed by atoms with Crippen molar-refractivity contribution in [1.82, 2.24) is 14.8 Å². The first-order chi connectivity index (χ1) is 23.8. The van der Waals surface area contributed by atoms with E-state index in [2.05, 4.69) is 29.4 Å². The van der Waals surface area contributed by atoms with Crippen LogP contribution < -0.4 is 11.1 Å². The molecule has 0 saturated carbocycles. The molecule has 1 aliphatic rings. The van der Waals surface area contributed by atoms with Gasteiger partial charge >= 0.3 is 7.82 Å². The minimum atomic E-state index is -3.84. The van der Waals surface area contributed by atoms with Gasteiger partial charge in [-0.25, -0.2) is 4.57 Å². The molecular formula is C37H48ClN6O5PS. The van der Waals surface area contributed by atoms with E-state index in [-0.39, 0.29) is 18.9 Å². The summed E-state index contributed by atoms with van der Waals surface area (Å²) in [6.45, 7) is 16.9. The summed E-state index contributed by atoms with van der Waals surface area (Å²) < 4.78 is 32.4. The number of fused-ring (bicyclic) bond motifs is 3. The number of nitrogens with one attached hydrogen (secondary N) is 1. The van der Waals surface area contributed by atoms with Crippen LogP contribution in [0, 0.1) is 20.8 Å². The van der Waals surface area contributed by atoms with Gasteiger partial charge in [-0.05, 0) is 111 Å². The van der Waals surface area contributed by atoms with E-state index < -0.39 is 31.1 Å². The number of phosphoric acid groups is 1. The molecular weight excluding hydrogens is 707 g/mol. The lowest BCUT2D eigenvalue weighted by Gasteiger charge is -2.31. The molecule has 1 unspecified atom stereocenters. The molecule has 0 saturated heterocycles. The highest BCUT2D eigenvalue weighted by molar-refractivity contribution is 7.48. The molecule has 0 spiro atoms. The van der Waals surface area contributed by atoms with Crippen molar-refractivity contribution < 1.29 is 22.9 Å². The number of carbonyl (C=O) groups excluding carboxylic acids is 1. The van der Waals surface area contributed by atoms with E-state index >= 15 is 0 Å². The van der Waals surface area contributed by atoms with E-state index in [0.717, 1.165) is 38.8 Å². The number of anilines is 1. The van der Waals surface area contributed by atoms with Gasteiger partial charge in [0.05, 0.1) is 29.9 Å². The molecule has 0 bridgehead atoms. The lowest BCUT2D eigenvalue weighted by atomic mass is 9.99. The van der Waals surface area contributed by atoms with Gasteiger partial charge in [0.25, 0.3) is 0 Å². The van der Waals surface area contributed by atoms with Crippen molar-refractivity contribution in [2.45, 2.75) is 105 Å². The number of hydrogen-bond acceptors (Lipinski definition) is 10. The Kier molecular flexibility index (Phi) is 11.8. The van der Waals surface area contributed by atoms with Crippen molar-refractivity contribution in [3.05, 3.63) is 92.3 Å². The summed E-state index contributed by atoms with van der Waals surface area (Å²) >= 11 is 7.90. The van der Waals surface area contributed by atoms with Gasteiger partial charge in [-0.1, -0.05) is 35.9 Å². The normalized spacial score (nSPS) is 15.5. The van der Waals surface area contributed by atoms with E-state index in [1.165, 1.54) is 4.88 Å². The fourth-order valence-electron chi connectivity index (χ4n) is 5.64. The van der Waals surface area contributed by atoms with Crippen LogP contribution in [0.15, 0.2) is 53.5 Å². The molecule has 3 N–H and O–H groups in total. The van der Waals surface area contributed by atoms with Gasteiger partial charge in [-0.15, -0.1) is 21.5 Å². The van der Waals surface area contributed by atoms with Crippen LogP contribution in [0.4, 0.5) is 5.69 Å². The van der Waals surface area contributed by atoms with Crippen molar-refractivity contribution in [3.63, 3.8) is 0 Å². The first-order valence-corrected chi connectivity index (χ1v) is 19.6. The van der Waals surface area contributed by atoms with Gasteiger partial charge in [0.2, 0.25) is 5.91 Å². The Bertz CT molecular complexity index is 1920. The Morgan fingerprint density at radius 2 is 1.63 bits per heavy atom. The summed E-state index contributed by atoms with van der Waals surface area (Å²) in [6, 6.07) is 14.3. The second kappa shape index (κ2) is 15.4. The Morgan fingerprint density at radius 3 is 2.24 bits per heavy atom. The molecule has 2 aromatic heterocycles. The van der Waals surface area contributed by atoms with Gasteiger partial charge in [0.1, 0.15) is 16.9 Å². The van der Waals surface area contributed by atoms with Crippen LogP contribution in [0.25, 0.3) is 5.00 Å².